The molecule has 0 aromatic heterocycles. The summed E-state index contributed by atoms with van der Waals surface area (Å²) in [5.74, 6) is 0.525. The number of piperidine rings is 1. The van der Waals surface area contributed by atoms with E-state index in [1.165, 1.54) is 0 Å². The molecule has 2 aliphatic rings. The van der Waals surface area contributed by atoms with Crippen LogP contribution in [0.25, 0.3) is 6.08 Å². The number of anilines is 2. The van der Waals surface area contributed by atoms with Gasteiger partial charge in [-0.3, -0.25) is 14.4 Å². The zero-order valence-corrected chi connectivity index (χ0v) is 23.2. The number of rotatable bonds is 9. The third-order valence-corrected chi connectivity index (χ3v) is 7.37. The van der Waals surface area contributed by atoms with Gasteiger partial charge in [-0.25, -0.2) is 4.99 Å². The Hall–Kier alpha value is -3.94. The van der Waals surface area contributed by atoms with Gasteiger partial charge in [-0.05, 0) is 75.1 Å². The monoisotopic (exact) mass is 529 g/mol. The molecular weight excluding hydrogens is 490 g/mol. The lowest BCUT2D eigenvalue weighted by Gasteiger charge is -2.32. The van der Waals surface area contributed by atoms with Gasteiger partial charge in [0, 0.05) is 66.6 Å². The van der Waals surface area contributed by atoms with Crippen molar-refractivity contribution in [2.45, 2.75) is 52.9 Å². The second-order valence-electron chi connectivity index (χ2n) is 10.4. The molecule has 4 rings (SSSR count). The Morgan fingerprint density at radius 2 is 1.69 bits per heavy atom. The highest BCUT2D eigenvalue weighted by atomic mass is 16.2. The molecule has 39 heavy (non-hydrogen) atoms. The van der Waals surface area contributed by atoms with Gasteiger partial charge in [0.15, 0.2) is 0 Å². The van der Waals surface area contributed by atoms with Crippen LogP contribution in [-0.4, -0.2) is 54.5 Å². The maximum absolute atomic E-state index is 13.2. The average Bonchev–Trinajstić information content (AvgIpc) is 3.10. The normalized spacial score (nSPS) is 15.5. The summed E-state index contributed by atoms with van der Waals surface area (Å²) in [5, 5.41) is 2.96. The standard InChI is InChI=1S/C31H39N5O3/c1-4-14-36(15-5-2)31(39)25-18-23-6-7-24(19-28(23)34-29(32)20-25)30(38)33-26-8-10-27(11-9-26)35-16-12-22(13-17-35)21(3)37/h6-11,18-19,22H,4-5,12-17,20H2,1-3H3,(H2,32,34)(H,33,38). The maximum atomic E-state index is 13.2. The number of carbonyl (C=O) groups is 3. The third kappa shape index (κ3) is 6.93. The van der Waals surface area contributed by atoms with Gasteiger partial charge in [-0.1, -0.05) is 19.9 Å². The van der Waals surface area contributed by atoms with Crippen LogP contribution in [0.4, 0.5) is 17.1 Å². The van der Waals surface area contributed by atoms with Crippen LogP contribution in [0, 0.1) is 5.92 Å². The molecule has 0 atom stereocenters. The number of aliphatic imine (C=N–C) groups is 1. The number of amides is 2. The number of ketones is 1. The first-order valence-electron chi connectivity index (χ1n) is 13.9. The molecule has 1 saturated heterocycles. The van der Waals surface area contributed by atoms with Crippen LogP contribution < -0.4 is 16.0 Å². The lowest BCUT2D eigenvalue weighted by molar-refractivity contribution is -0.127. The second kappa shape index (κ2) is 12.7. The molecule has 0 bridgehead atoms. The maximum Gasteiger partial charge on any atom is 0.255 e. The summed E-state index contributed by atoms with van der Waals surface area (Å²) >= 11 is 0. The Morgan fingerprint density at radius 3 is 2.31 bits per heavy atom. The van der Waals surface area contributed by atoms with E-state index in [4.69, 9.17) is 5.73 Å². The number of hydrogen-bond acceptors (Lipinski definition) is 6. The minimum Gasteiger partial charge on any atom is -0.387 e. The van der Waals surface area contributed by atoms with E-state index in [2.05, 4.69) is 29.1 Å². The van der Waals surface area contributed by atoms with E-state index in [-0.39, 0.29) is 29.9 Å². The van der Waals surface area contributed by atoms with Crippen LogP contribution in [0.3, 0.4) is 0 Å². The number of hydrogen-bond donors (Lipinski definition) is 2. The van der Waals surface area contributed by atoms with Crippen LogP contribution in [-0.2, 0) is 9.59 Å². The molecule has 2 aromatic carbocycles. The summed E-state index contributed by atoms with van der Waals surface area (Å²) in [6, 6.07) is 13.0. The molecule has 0 saturated carbocycles. The largest absolute Gasteiger partial charge is 0.387 e. The quantitative estimate of drug-likeness (QED) is 0.466. The lowest BCUT2D eigenvalue weighted by Crippen LogP contribution is -2.35. The lowest BCUT2D eigenvalue weighted by atomic mass is 9.93. The second-order valence-corrected chi connectivity index (χ2v) is 10.4. The molecular formula is C31H39N5O3. The van der Waals surface area contributed by atoms with Crippen LogP contribution in [0.2, 0.25) is 0 Å². The van der Waals surface area contributed by atoms with E-state index in [9.17, 15) is 14.4 Å². The van der Waals surface area contributed by atoms with E-state index in [1.807, 2.05) is 41.3 Å². The van der Waals surface area contributed by atoms with E-state index < -0.39 is 0 Å². The molecule has 0 unspecified atom stereocenters. The van der Waals surface area contributed by atoms with Crippen molar-refractivity contribution in [1.82, 2.24) is 4.90 Å². The van der Waals surface area contributed by atoms with Gasteiger partial charge in [0.25, 0.3) is 5.91 Å². The molecule has 0 spiro atoms. The molecule has 3 N–H and O–H groups in total. The summed E-state index contributed by atoms with van der Waals surface area (Å²) < 4.78 is 0. The van der Waals surface area contributed by atoms with E-state index in [1.54, 1.807) is 19.1 Å². The Bertz CT molecular complexity index is 1270. The fourth-order valence-corrected chi connectivity index (χ4v) is 5.23. The summed E-state index contributed by atoms with van der Waals surface area (Å²) in [6.07, 6.45) is 5.65. The Morgan fingerprint density at radius 1 is 1.03 bits per heavy atom. The van der Waals surface area contributed by atoms with Crippen LogP contribution in [0.5, 0.6) is 0 Å². The predicted molar refractivity (Wildman–Crippen MR) is 157 cm³/mol. The molecule has 2 aliphatic heterocycles. The van der Waals surface area contributed by atoms with Gasteiger partial charge in [-0.2, -0.15) is 0 Å². The van der Waals surface area contributed by atoms with Crippen LogP contribution in [0.15, 0.2) is 53.0 Å². The van der Waals surface area contributed by atoms with Crippen molar-refractivity contribution in [1.29, 1.82) is 0 Å². The summed E-state index contributed by atoms with van der Waals surface area (Å²) in [5.41, 5.74) is 10.4. The zero-order chi connectivity index (χ0) is 27.9. The van der Waals surface area contributed by atoms with Gasteiger partial charge in [0.2, 0.25) is 5.91 Å². The number of amidine groups is 1. The van der Waals surface area contributed by atoms with Gasteiger partial charge < -0.3 is 20.9 Å². The molecule has 1 fully saturated rings. The van der Waals surface area contributed by atoms with Crippen molar-refractivity contribution < 1.29 is 14.4 Å². The average molecular weight is 530 g/mol. The fraction of sp³-hybridized carbons (Fsp3) is 0.419. The number of fused-ring (bicyclic) bond motifs is 1. The fourth-order valence-electron chi connectivity index (χ4n) is 5.23. The van der Waals surface area contributed by atoms with Crippen molar-refractivity contribution in [3.8, 4) is 0 Å². The van der Waals surface area contributed by atoms with Crippen molar-refractivity contribution in [2.75, 3.05) is 36.4 Å². The number of carbonyl (C=O) groups excluding carboxylic acids is 3. The van der Waals surface area contributed by atoms with Gasteiger partial charge in [-0.15, -0.1) is 0 Å². The third-order valence-electron chi connectivity index (χ3n) is 7.37. The zero-order valence-electron chi connectivity index (χ0n) is 23.2. The van der Waals surface area contributed by atoms with Crippen molar-refractivity contribution in [3.63, 3.8) is 0 Å². The highest BCUT2D eigenvalue weighted by Gasteiger charge is 2.23. The smallest absolute Gasteiger partial charge is 0.255 e. The molecule has 0 radical (unpaired) electrons. The van der Waals surface area contributed by atoms with Gasteiger partial charge in [0.1, 0.15) is 11.6 Å². The van der Waals surface area contributed by atoms with Crippen LogP contribution >= 0.6 is 0 Å². The number of benzene rings is 2. The van der Waals surface area contributed by atoms with Crippen LogP contribution in [0.1, 0.15) is 68.8 Å². The predicted octanol–water partition coefficient (Wildman–Crippen LogP) is 5.17. The topological polar surface area (TPSA) is 108 Å². The molecule has 8 nitrogen and oxygen atoms in total. The summed E-state index contributed by atoms with van der Waals surface area (Å²) in [4.78, 5) is 46.5. The molecule has 206 valence electrons. The summed E-state index contributed by atoms with van der Waals surface area (Å²) in [6.45, 7) is 8.90. The Balaban J connectivity index is 1.45. The minimum atomic E-state index is -0.247. The molecule has 2 amide bonds. The van der Waals surface area contributed by atoms with Crippen molar-refractivity contribution >= 4 is 46.6 Å². The SMILES string of the molecule is CCCN(CCC)C(=O)C1=Cc2ccc(C(=O)Nc3ccc(N4CCC(C(C)=O)CC4)cc3)cc2N=C(N)C1. The molecule has 8 heteroatoms. The molecule has 0 aliphatic carbocycles. The summed E-state index contributed by atoms with van der Waals surface area (Å²) in [7, 11) is 0. The highest BCUT2D eigenvalue weighted by Crippen LogP contribution is 2.29. The Labute approximate surface area is 231 Å². The molecule has 2 aromatic rings. The number of nitrogens with one attached hydrogen (secondary N) is 1. The van der Waals surface area contributed by atoms with Gasteiger partial charge >= 0.3 is 0 Å². The first kappa shape index (κ1) is 28.1. The van der Waals surface area contributed by atoms with E-state index in [0.717, 1.165) is 50.0 Å². The van der Waals surface area contributed by atoms with Crippen molar-refractivity contribution in [2.24, 2.45) is 16.6 Å². The first-order chi connectivity index (χ1) is 18.8. The minimum absolute atomic E-state index is 0.0156. The van der Waals surface area contributed by atoms with Crippen molar-refractivity contribution in [3.05, 3.63) is 59.2 Å². The number of nitrogens with two attached hydrogens (primary N) is 1. The van der Waals surface area contributed by atoms with E-state index in [0.29, 0.717) is 41.4 Å². The highest BCUT2D eigenvalue weighted by molar-refractivity contribution is 6.08. The Kier molecular flexibility index (Phi) is 9.17. The number of Topliss-reactive ketones (excluding diaryl/α,β-unsaturated/α-hetero) is 1. The van der Waals surface area contributed by atoms with E-state index >= 15 is 0 Å². The first-order valence-corrected chi connectivity index (χ1v) is 13.9. The van der Waals surface area contributed by atoms with Gasteiger partial charge in [0.05, 0.1) is 5.69 Å². The molecule has 2 heterocycles. The number of nitrogens with zero attached hydrogens (tertiary/aromatic N) is 3.